The molecule has 18 heavy (non-hydrogen) atoms. The average molecular weight is 253 g/mol. The molecule has 0 aromatic carbocycles. The number of carbonyl (C=O) groups excluding carboxylic acids is 1. The van der Waals surface area contributed by atoms with Gasteiger partial charge in [-0.15, -0.1) is 0 Å². The van der Waals surface area contributed by atoms with Gasteiger partial charge >= 0.3 is 0 Å². The van der Waals surface area contributed by atoms with Crippen molar-refractivity contribution in [3.05, 3.63) is 24.6 Å². The van der Waals surface area contributed by atoms with E-state index in [4.69, 9.17) is 5.73 Å². The molecular weight excluding hydrogens is 226 g/mol. The second-order valence-corrected chi connectivity index (χ2v) is 4.98. The third-order valence-corrected chi connectivity index (χ3v) is 1.42. The minimum absolute atomic E-state index is 0.0306. The van der Waals surface area contributed by atoms with Gasteiger partial charge in [-0.25, -0.2) is 4.99 Å². The number of nitrogens with one attached hydrogen (secondary N) is 1. The van der Waals surface area contributed by atoms with E-state index >= 15 is 0 Å². The molecule has 0 atom stereocenters. The predicted molar refractivity (Wildman–Crippen MR) is 79.4 cm³/mol. The highest BCUT2D eigenvalue weighted by Gasteiger charge is 2.08. The number of hydrogen-bond acceptors (Lipinski definition) is 3. The van der Waals surface area contributed by atoms with Gasteiger partial charge in [0.05, 0.1) is 0 Å². The zero-order valence-corrected chi connectivity index (χ0v) is 12.5. The molecule has 1 amide bonds. The van der Waals surface area contributed by atoms with Crippen LogP contribution in [-0.2, 0) is 4.79 Å². The Bertz CT molecular complexity index is 322. The van der Waals surface area contributed by atoms with E-state index < -0.39 is 5.91 Å². The van der Waals surface area contributed by atoms with Crippen molar-refractivity contribution in [3.63, 3.8) is 0 Å². The maximum Gasteiger partial charge on any atom is 0.267 e. The highest BCUT2D eigenvalue weighted by atomic mass is 16.1. The van der Waals surface area contributed by atoms with Crippen LogP contribution in [0.4, 0.5) is 0 Å². The van der Waals surface area contributed by atoms with Gasteiger partial charge in [-0.05, 0) is 33.8 Å². The fourth-order valence-corrected chi connectivity index (χ4v) is 1.01. The lowest BCUT2D eigenvalue weighted by Gasteiger charge is -2.21. The van der Waals surface area contributed by atoms with Gasteiger partial charge in [0.1, 0.15) is 5.71 Å². The summed E-state index contributed by atoms with van der Waals surface area (Å²) in [4.78, 5) is 14.7. The fourth-order valence-electron chi connectivity index (χ4n) is 1.01. The Morgan fingerprint density at radius 3 is 2.11 bits per heavy atom. The first-order valence-electron chi connectivity index (χ1n) is 6.12. The van der Waals surface area contributed by atoms with Crippen LogP contribution in [0.5, 0.6) is 0 Å². The summed E-state index contributed by atoms with van der Waals surface area (Å²) in [6.45, 7) is 15.7. The van der Waals surface area contributed by atoms with Gasteiger partial charge in [0.25, 0.3) is 5.91 Å². The molecule has 0 heterocycles. The second-order valence-electron chi connectivity index (χ2n) is 4.98. The van der Waals surface area contributed by atoms with Crippen LogP contribution in [-0.4, -0.2) is 17.2 Å². The number of hydrogen-bond donors (Lipinski definition) is 2. The molecular formula is C14H27N3O. The van der Waals surface area contributed by atoms with Gasteiger partial charge in [0.15, 0.2) is 0 Å². The summed E-state index contributed by atoms with van der Waals surface area (Å²) in [5.41, 5.74) is 6.06. The third kappa shape index (κ3) is 12.5. The van der Waals surface area contributed by atoms with Crippen molar-refractivity contribution in [2.24, 2.45) is 10.7 Å². The third-order valence-electron chi connectivity index (χ3n) is 1.42. The largest absolute Gasteiger partial charge is 0.383 e. The predicted octanol–water partition coefficient (Wildman–Crippen LogP) is 2.76. The number of rotatable bonds is 4. The highest BCUT2D eigenvalue weighted by molar-refractivity contribution is 6.42. The number of aliphatic imine (C=N–C) groups is 1. The van der Waals surface area contributed by atoms with Crippen LogP contribution in [0.3, 0.4) is 0 Å². The van der Waals surface area contributed by atoms with Crippen LogP contribution in [0.25, 0.3) is 0 Å². The van der Waals surface area contributed by atoms with Gasteiger partial charge in [0.2, 0.25) is 0 Å². The highest BCUT2D eigenvalue weighted by Crippen LogP contribution is 2.03. The number of amides is 1. The zero-order chi connectivity index (χ0) is 14.8. The summed E-state index contributed by atoms with van der Waals surface area (Å²) < 4.78 is 0. The van der Waals surface area contributed by atoms with Gasteiger partial charge in [-0.3, -0.25) is 4.79 Å². The smallest absolute Gasteiger partial charge is 0.267 e. The van der Waals surface area contributed by atoms with Crippen LogP contribution < -0.4 is 11.1 Å². The lowest BCUT2D eigenvalue weighted by molar-refractivity contribution is -0.111. The van der Waals surface area contributed by atoms with Crippen LogP contribution in [0, 0.1) is 0 Å². The summed E-state index contributed by atoms with van der Waals surface area (Å²) in [6, 6.07) is 0. The van der Waals surface area contributed by atoms with Crippen LogP contribution >= 0.6 is 0 Å². The van der Waals surface area contributed by atoms with Crippen LogP contribution in [0.2, 0.25) is 0 Å². The van der Waals surface area contributed by atoms with E-state index in [0.717, 1.165) is 5.70 Å². The lowest BCUT2D eigenvalue weighted by Crippen LogP contribution is -2.34. The lowest BCUT2D eigenvalue weighted by atomic mass is 10.1. The van der Waals surface area contributed by atoms with E-state index in [0.29, 0.717) is 0 Å². The van der Waals surface area contributed by atoms with Crippen molar-refractivity contribution in [1.82, 2.24) is 5.32 Å². The van der Waals surface area contributed by atoms with E-state index in [2.05, 4.69) is 30.7 Å². The summed E-state index contributed by atoms with van der Waals surface area (Å²) in [6.07, 6.45) is 4.15. The second kappa shape index (κ2) is 9.45. The number of primary amides is 1. The number of nitrogens with zero attached hydrogens (tertiary/aromatic N) is 1. The van der Waals surface area contributed by atoms with E-state index in [1.165, 1.54) is 12.5 Å². The Morgan fingerprint density at radius 2 is 1.83 bits per heavy atom. The molecule has 0 fully saturated rings. The Morgan fingerprint density at radius 1 is 1.39 bits per heavy atom. The van der Waals surface area contributed by atoms with Crippen molar-refractivity contribution in [3.8, 4) is 0 Å². The standard InChI is InChI=1S/C11H19N3O.C3H8/c1-6-9(10(12)15)13-7-8(2)14-11(3,4)5;1-3-2/h6-7,14H,1H2,2-5H3,(H2,12,15);3H2,1-2H3/b8-7+,13-9?;. The maximum absolute atomic E-state index is 10.8. The first-order valence-corrected chi connectivity index (χ1v) is 6.12. The molecule has 3 N–H and O–H groups in total. The normalized spacial score (nSPS) is 12.3. The Kier molecular flexibility index (Phi) is 9.86. The first kappa shape index (κ1) is 18.8. The molecule has 0 spiro atoms. The Labute approximate surface area is 111 Å². The summed E-state index contributed by atoms with van der Waals surface area (Å²) in [7, 11) is 0. The first-order chi connectivity index (χ1) is 8.17. The summed E-state index contributed by atoms with van der Waals surface area (Å²) in [5, 5.41) is 3.21. The van der Waals surface area contributed by atoms with E-state index in [-0.39, 0.29) is 11.3 Å². The van der Waals surface area contributed by atoms with Crippen molar-refractivity contribution < 1.29 is 4.79 Å². The van der Waals surface area contributed by atoms with Crippen LogP contribution in [0.15, 0.2) is 29.5 Å². The van der Waals surface area contributed by atoms with Gasteiger partial charge < -0.3 is 11.1 Å². The minimum Gasteiger partial charge on any atom is -0.383 e. The molecule has 0 aliphatic heterocycles. The zero-order valence-electron chi connectivity index (χ0n) is 12.5. The quantitative estimate of drug-likeness (QED) is 0.756. The topological polar surface area (TPSA) is 67.5 Å². The molecule has 4 heteroatoms. The van der Waals surface area contributed by atoms with Gasteiger partial charge in [0, 0.05) is 17.4 Å². The van der Waals surface area contributed by atoms with Crippen molar-refractivity contribution in [2.75, 3.05) is 0 Å². The fraction of sp³-hybridized carbons (Fsp3) is 0.571. The maximum atomic E-state index is 10.8. The van der Waals surface area contributed by atoms with E-state index in [1.807, 2.05) is 27.7 Å². The minimum atomic E-state index is -0.579. The molecule has 4 nitrogen and oxygen atoms in total. The molecule has 0 rings (SSSR count). The molecule has 0 saturated heterocycles. The molecule has 0 aromatic heterocycles. The van der Waals surface area contributed by atoms with E-state index in [9.17, 15) is 4.79 Å². The molecule has 0 radical (unpaired) electrons. The number of allylic oxidation sites excluding steroid dienone is 1. The monoisotopic (exact) mass is 253 g/mol. The summed E-state index contributed by atoms with van der Waals surface area (Å²) in [5.74, 6) is -0.579. The number of nitrogens with two attached hydrogens (primary N) is 1. The SMILES string of the molecule is C=CC(=N/C=C(\C)NC(C)(C)C)C(N)=O.CCC. The number of carbonyl (C=O) groups is 1. The molecule has 0 unspecified atom stereocenters. The molecule has 0 aromatic rings. The van der Waals surface area contributed by atoms with Crippen LogP contribution in [0.1, 0.15) is 48.0 Å². The van der Waals surface area contributed by atoms with Gasteiger partial charge in [-0.2, -0.15) is 0 Å². The molecule has 0 saturated carbocycles. The Balaban J connectivity index is 0. The molecule has 0 bridgehead atoms. The van der Waals surface area contributed by atoms with Crippen molar-refractivity contribution in [2.45, 2.75) is 53.5 Å². The van der Waals surface area contributed by atoms with Crippen molar-refractivity contribution in [1.29, 1.82) is 0 Å². The van der Waals surface area contributed by atoms with Crippen molar-refractivity contribution >= 4 is 11.6 Å². The molecule has 104 valence electrons. The summed E-state index contributed by atoms with van der Waals surface area (Å²) >= 11 is 0. The molecule has 0 aliphatic carbocycles. The van der Waals surface area contributed by atoms with E-state index in [1.54, 1.807) is 6.20 Å². The Hall–Kier alpha value is -1.58. The average Bonchev–Trinajstić information content (AvgIpc) is 2.16. The molecule has 0 aliphatic rings. The van der Waals surface area contributed by atoms with Gasteiger partial charge in [-0.1, -0.05) is 26.8 Å².